The van der Waals surface area contributed by atoms with E-state index in [9.17, 15) is 19.8 Å². The summed E-state index contributed by atoms with van der Waals surface area (Å²) in [7, 11) is 0. The summed E-state index contributed by atoms with van der Waals surface area (Å²) in [6.45, 7) is 10.9. The van der Waals surface area contributed by atoms with Crippen molar-refractivity contribution in [1.82, 2.24) is 0 Å². The fourth-order valence-electron chi connectivity index (χ4n) is 5.86. The van der Waals surface area contributed by atoms with Gasteiger partial charge in [0.1, 0.15) is 0 Å². The monoisotopic (exact) mass is 470 g/mol. The molecule has 182 valence electrons. The first-order chi connectivity index (χ1) is 16.6. The van der Waals surface area contributed by atoms with Gasteiger partial charge in [-0.3, -0.25) is 0 Å². The van der Waals surface area contributed by atoms with E-state index in [1.807, 2.05) is 24.3 Å². The maximum absolute atomic E-state index is 11.3. The van der Waals surface area contributed by atoms with Crippen molar-refractivity contribution >= 4 is 11.9 Å². The largest absolute Gasteiger partial charge is 0.478 e. The third kappa shape index (κ3) is 4.88. The van der Waals surface area contributed by atoms with Crippen LogP contribution in [0.25, 0.3) is 0 Å². The van der Waals surface area contributed by atoms with Crippen molar-refractivity contribution in [1.29, 1.82) is 0 Å². The number of rotatable bonds is 5. The molecule has 2 aliphatic rings. The van der Waals surface area contributed by atoms with Gasteiger partial charge in [-0.25, -0.2) is 9.59 Å². The molecule has 0 amide bonds. The minimum Gasteiger partial charge on any atom is -0.478 e. The van der Waals surface area contributed by atoms with Crippen molar-refractivity contribution in [2.75, 3.05) is 0 Å². The normalized spacial score (nSPS) is 26.1. The summed E-state index contributed by atoms with van der Waals surface area (Å²) in [6.07, 6.45) is 9.02. The number of hydrogen-bond donors (Lipinski definition) is 2. The van der Waals surface area contributed by atoms with Crippen LogP contribution in [0, 0.1) is 25.7 Å². The van der Waals surface area contributed by atoms with Crippen LogP contribution in [0.4, 0.5) is 0 Å². The number of aliphatic carboxylic acids is 1. The van der Waals surface area contributed by atoms with Gasteiger partial charge < -0.3 is 10.2 Å². The average molecular weight is 471 g/mol. The van der Waals surface area contributed by atoms with Gasteiger partial charge >= 0.3 is 11.9 Å². The van der Waals surface area contributed by atoms with Crippen LogP contribution >= 0.6 is 0 Å². The van der Waals surface area contributed by atoms with Crippen molar-refractivity contribution in [3.8, 4) is 0 Å². The van der Waals surface area contributed by atoms with Gasteiger partial charge in [0, 0.05) is 17.8 Å². The summed E-state index contributed by atoms with van der Waals surface area (Å²) in [5.41, 5.74) is 8.33. The maximum Gasteiger partial charge on any atom is 0.335 e. The Kier molecular flexibility index (Phi) is 6.84. The Bertz CT molecular complexity index is 1250. The molecule has 2 aromatic carbocycles. The summed E-state index contributed by atoms with van der Waals surface area (Å²) in [6, 6.07) is 11.9. The molecular weight excluding hydrogens is 436 g/mol. The maximum atomic E-state index is 11.3. The smallest absolute Gasteiger partial charge is 0.335 e. The van der Waals surface area contributed by atoms with E-state index in [2.05, 4.69) is 52.8 Å². The predicted molar refractivity (Wildman–Crippen MR) is 139 cm³/mol. The number of aryl methyl sites for hydroxylation is 2. The minimum absolute atomic E-state index is 0.125. The Labute approximate surface area is 207 Å². The molecule has 5 unspecified atom stereocenters. The zero-order valence-electron chi connectivity index (χ0n) is 21.1. The predicted octanol–water partition coefficient (Wildman–Crippen LogP) is 7.16. The van der Waals surface area contributed by atoms with E-state index in [1.54, 1.807) is 18.2 Å². The number of benzene rings is 2. The highest BCUT2D eigenvalue weighted by Crippen LogP contribution is 2.45. The van der Waals surface area contributed by atoms with Crippen LogP contribution in [0.2, 0.25) is 0 Å². The molecule has 35 heavy (non-hydrogen) atoms. The van der Waals surface area contributed by atoms with E-state index < -0.39 is 11.9 Å². The van der Waals surface area contributed by atoms with Gasteiger partial charge in [-0.1, -0.05) is 68.0 Å². The highest BCUT2D eigenvalue weighted by atomic mass is 16.4. The van der Waals surface area contributed by atoms with E-state index in [-0.39, 0.29) is 17.8 Å². The molecule has 2 N–H and O–H groups in total. The summed E-state index contributed by atoms with van der Waals surface area (Å²) in [4.78, 5) is 22.6. The summed E-state index contributed by atoms with van der Waals surface area (Å²) >= 11 is 0. The van der Waals surface area contributed by atoms with E-state index in [0.717, 1.165) is 12.0 Å². The zero-order chi connectivity index (χ0) is 25.4. The fourth-order valence-corrected chi connectivity index (χ4v) is 5.86. The number of hydrogen-bond acceptors (Lipinski definition) is 2. The van der Waals surface area contributed by atoms with Crippen molar-refractivity contribution in [2.24, 2.45) is 11.8 Å². The Hall–Kier alpha value is -3.40. The standard InChI is InChI=1S/C31H34O4/c1-17-12-24(31(34)35)10-11-25(17)27-15-21(5)29(16-20(27)4)28-14-18(2)26(13-19(28)3)22-6-8-23(9-7-22)30(32)33/h6-13,15-18,25-26,28H,14H2,1-5H3,(H,32,33)(H,34,35). The quantitative estimate of drug-likeness (QED) is 0.455. The zero-order valence-corrected chi connectivity index (χ0v) is 21.1. The molecule has 0 aromatic heterocycles. The summed E-state index contributed by atoms with van der Waals surface area (Å²) < 4.78 is 0. The molecule has 4 nitrogen and oxygen atoms in total. The summed E-state index contributed by atoms with van der Waals surface area (Å²) in [5, 5.41) is 18.5. The Morgan fingerprint density at radius 2 is 1.46 bits per heavy atom. The number of carboxylic acid groups (broad SMARTS) is 2. The van der Waals surface area contributed by atoms with Crippen LogP contribution in [-0.4, -0.2) is 22.2 Å². The van der Waals surface area contributed by atoms with E-state index >= 15 is 0 Å². The number of carbonyl (C=O) groups is 2. The summed E-state index contributed by atoms with van der Waals surface area (Å²) in [5.74, 6) is -0.418. The lowest BCUT2D eigenvalue weighted by Crippen LogP contribution is -2.20. The van der Waals surface area contributed by atoms with E-state index in [0.29, 0.717) is 23.0 Å². The van der Waals surface area contributed by atoms with Crippen molar-refractivity contribution < 1.29 is 19.8 Å². The minimum atomic E-state index is -0.897. The van der Waals surface area contributed by atoms with Crippen molar-refractivity contribution in [2.45, 2.75) is 58.8 Å². The van der Waals surface area contributed by atoms with Crippen LogP contribution in [0.3, 0.4) is 0 Å². The van der Waals surface area contributed by atoms with Gasteiger partial charge in [0.25, 0.3) is 0 Å². The highest BCUT2D eigenvalue weighted by Gasteiger charge is 2.30. The molecule has 4 heteroatoms. The van der Waals surface area contributed by atoms with Crippen LogP contribution in [0.5, 0.6) is 0 Å². The third-order valence-corrected chi connectivity index (χ3v) is 7.88. The lowest BCUT2D eigenvalue weighted by atomic mass is 9.70. The van der Waals surface area contributed by atoms with Crippen LogP contribution in [0.15, 0.2) is 71.8 Å². The molecule has 0 fully saturated rings. The van der Waals surface area contributed by atoms with E-state index in [1.165, 1.54) is 27.8 Å². The second kappa shape index (κ2) is 9.69. The molecular formula is C31H34O4. The Balaban J connectivity index is 1.61. The molecule has 0 spiro atoms. The average Bonchev–Trinajstić information content (AvgIpc) is 2.81. The molecule has 0 radical (unpaired) electrons. The van der Waals surface area contributed by atoms with Gasteiger partial charge in [-0.15, -0.1) is 0 Å². The Morgan fingerprint density at radius 3 is 2.06 bits per heavy atom. The van der Waals surface area contributed by atoms with E-state index in [4.69, 9.17) is 0 Å². The second-order valence-corrected chi connectivity index (χ2v) is 10.4. The molecule has 5 atom stereocenters. The molecule has 0 saturated carbocycles. The van der Waals surface area contributed by atoms with Crippen LogP contribution in [0.1, 0.15) is 83.1 Å². The van der Waals surface area contributed by atoms with Crippen LogP contribution in [-0.2, 0) is 4.79 Å². The number of allylic oxidation sites excluding steroid dienone is 4. The molecule has 0 aliphatic heterocycles. The number of carboxylic acids is 2. The van der Waals surface area contributed by atoms with Crippen molar-refractivity contribution in [3.05, 3.63) is 105 Å². The second-order valence-electron chi connectivity index (χ2n) is 10.4. The van der Waals surface area contributed by atoms with Gasteiger partial charge in [0.15, 0.2) is 0 Å². The molecule has 4 rings (SSSR count). The van der Waals surface area contributed by atoms with Crippen LogP contribution < -0.4 is 0 Å². The van der Waals surface area contributed by atoms with Crippen molar-refractivity contribution in [3.63, 3.8) is 0 Å². The highest BCUT2D eigenvalue weighted by molar-refractivity contribution is 5.90. The Morgan fingerprint density at radius 1 is 0.829 bits per heavy atom. The van der Waals surface area contributed by atoms with Gasteiger partial charge in [0.05, 0.1) is 11.1 Å². The molecule has 2 aliphatic carbocycles. The first-order valence-corrected chi connectivity index (χ1v) is 12.3. The fraction of sp³-hybridized carbons (Fsp3) is 0.355. The SMILES string of the molecule is CC1=CC(c2ccc(C(=O)O)cc2)C(C)CC1c1cc(C)c(C2C=CC(C(=O)O)=CC2C)cc1C. The lowest BCUT2D eigenvalue weighted by Gasteiger charge is -2.35. The molecule has 2 aromatic rings. The molecule has 0 saturated heterocycles. The van der Waals surface area contributed by atoms with Gasteiger partial charge in [-0.05, 0) is 79.0 Å². The van der Waals surface area contributed by atoms with Gasteiger partial charge in [-0.2, -0.15) is 0 Å². The molecule has 0 heterocycles. The number of aromatic carboxylic acids is 1. The topological polar surface area (TPSA) is 74.6 Å². The molecule has 0 bridgehead atoms. The lowest BCUT2D eigenvalue weighted by molar-refractivity contribution is -0.132. The third-order valence-electron chi connectivity index (χ3n) is 7.88. The first kappa shape index (κ1) is 24.7. The first-order valence-electron chi connectivity index (χ1n) is 12.3. The van der Waals surface area contributed by atoms with Gasteiger partial charge in [0.2, 0.25) is 0 Å².